The largest absolute Gasteiger partial charge is 0.344 e. The number of thiazole rings is 1. The molecule has 1 N–H and O–H groups in total. The number of aromatic nitrogens is 1. The number of ketones is 1. The summed E-state index contributed by atoms with van der Waals surface area (Å²) >= 11 is 1.34. The number of aryl methyl sites for hydroxylation is 2. The monoisotopic (exact) mass is 274 g/mol. The van der Waals surface area contributed by atoms with Crippen LogP contribution >= 0.6 is 11.3 Å². The molecule has 2 aromatic rings. The fourth-order valence-corrected chi connectivity index (χ4v) is 2.55. The van der Waals surface area contributed by atoms with E-state index in [0.717, 1.165) is 5.01 Å². The van der Waals surface area contributed by atoms with Gasteiger partial charge in [0.25, 0.3) is 5.91 Å². The van der Waals surface area contributed by atoms with Gasteiger partial charge in [-0.1, -0.05) is 30.3 Å². The quantitative estimate of drug-likeness (QED) is 0.871. The number of hydrogen-bond acceptors (Lipinski definition) is 4. The molecule has 0 fully saturated rings. The van der Waals surface area contributed by atoms with E-state index in [1.807, 2.05) is 13.0 Å². The number of carbonyl (C=O) groups excluding carboxylic acids is 2. The van der Waals surface area contributed by atoms with E-state index in [0.29, 0.717) is 16.1 Å². The van der Waals surface area contributed by atoms with Crippen molar-refractivity contribution in [1.82, 2.24) is 10.3 Å². The molecule has 0 unspecified atom stereocenters. The predicted molar refractivity (Wildman–Crippen MR) is 74.7 cm³/mol. The SMILES string of the molecule is Cc1nc(C)c(C(=O)NCC(=O)c2ccccc2)s1. The topological polar surface area (TPSA) is 59.1 Å². The summed E-state index contributed by atoms with van der Waals surface area (Å²) in [5, 5.41) is 3.48. The predicted octanol–water partition coefficient (Wildman–Crippen LogP) is 2.37. The van der Waals surface area contributed by atoms with Crippen molar-refractivity contribution in [2.24, 2.45) is 0 Å². The smallest absolute Gasteiger partial charge is 0.263 e. The lowest BCUT2D eigenvalue weighted by molar-refractivity contribution is 0.0906. The Bertz CT molecular complexity index is 605. The second kappa shape index (κ2) is 5.75. The van der Waals surface area contributed by atoms with Gasteiger partial charge in [0, 0.05) is 5.56 Å². The van der Waals surface area contributed by atoms with E-state index in [9.17, 15) is 9.59 Å². The number of amides is 1. The summed E-state index contributed by atoms with van der Waals surface area (Å²) in [7, 11) is 0. The van der Waals surface area contributed by atoms with Gasteiger partial charge in [-0.3, -0.25) is 9.59 Å². The van der Waals surface area contributed by atoms with Crippen LogP contribution in [-0.4, -0.2) is 23.2 Å². The first-order valence-electron chi connectivity index (χ1n) is 5.88. The molecule has 1 aromatic heterocycles. The van der Waals surface area contributed by atoms with E-state index < -0.39 is 0 Å². The van der Waals surface area contributed by atoms with E-state index in [2.05, 4.69) is 10.3 Å². The summed E-state index contributed by atoms with van der Waals surface area (Å²) in [6.07, 6.45) is 0. The van der Waals surface area contributed by atoms with Crippen LogP contribution in [0.5, 0.6) is 0 Å². The first-order chi connectivity index (χ1) is 9.08. The van der Waals surface area contributed by atoms with Crippen molar-refractivity contribution < 1.29 is 9.59 Å². The average Bonchev–Trinajstić information content (AvgIpc) is 2.75. The van der Waals surface area contributed by atoms with Crippen LogP contribution in [-0.2, 0) is 0 Å². The maximum absolute atomic E-state index is 11.9. The lowest BCUT2D eigenvalue weighted by Crippen LogP contribution is -2.29. The number of nitrogens with one attached hydrogen (secondary N) is 1. The second-order valence-corrected chi connectivity index (χ2v) is 5.32. The molecule has 1 heterocycles. The van der Waals surface area contributed by atoms with Crippen molar-refractivity contribution in [2.75, 3.05) is 6.54 Å². The van der Waals surface area contributed by atoms with Crippen LogP contribution in [0.2, 0.25) is 0 Å². The molecule has 0 bridgehead atoms. The number of Topliss-reactive ketones (excluding diaryl/α,β-unsaturated/α-hetero) is 1. The molecule has 19 heavy (non-hydrogen) atoms. The summed E-state index contributed by atoms with van der Waals surface area (Å²) in [4.78, 5) is 28.5. The van der Waals surface area contributed by atoms with Crippen molar-refractivity contribution in [3.8, 4) is 0 Å². The van der Waals surface area contributed by atoms with Crippen molar-refractivity contribution in [3.05, 3.63) is 51.5 Å². The molecule has 0 aliphatic heterocycles. The highest BCUT2D eigenvalue weighted by Gasteiger charge is 2.14. The lowest BCUT2D eigenvalue weighted by Gasteiger charge is -2.03. The Kier molecular flexibility index (Phi) is 4.06. The number of carbonyl (C=O) groups is 2. The first-order valence-corrected chi connectivity index (χ1v) is 6.70. The van der Waals surface area contributed by atoms with Gasteiger partial charge in [0.1, 0.15) is 4.88 Å². The third-order valence-electron chi connectivity index (χ3n) is 2.62. The van der Waals surface area contributed by atoms with Gasteiger partial charge in [-0.05, 0) is 13.8 Å². The minimum Gasteiger partial charge on any atom is -0.344 e. The highest BCUT2D eigenvalue weighted by molar-refractivity contribution is 7.13. The average molecular weight is 274 g/mol. The zero-order valence-corrected chi connectivity index (χ0v) is 11.6. The number of nitrogens with zero attached hydrogens (tertiary/aromatic N) is 1. The van der Waals surface area contributed by atoms with Crippen molar-refractivity contribution in [3.63, 3.8) is 0 Å². The molecule has 1 amide bonds. The normalized spacial score (nSPS) is 10.2. The summed E-state index contributed by atoms with van der Waals surface area (Å²) in [6.45, 7) is 3.64. The maximum Gasteiger partial charge on any atom is 0.263 e. The Hall–Kier alpha value is -2.01. The van der Waals surface area contributed by atoms with Gasteiger partial charge in [0.15, 0.2) is 5.78 Å². The summed E-state index contributed by atoms with van der Waals surface area (Å²) in [6, 6.07) is 8.91. The van der Waals surface area contributed by atoms with Gasteiger partial charge in [-0.2, -0.15) is 0 Å². The Balaban J connectivity index is 1.98. The Labute approximate surface area is 115 Å². The molecule has 0 saturated heterocycles. The second-order valence-electron chi connectivity index (χ2n) is 4.12. The standard InChI is InChI=1S/C14H14N2O2S/c1-9-13(19-10(2)16-9)14(18)15-8-12(17)11-6-4-3-5-7-11/h3-7H,8H2,1-2H3,(H,15,18). The molecule has 0 atom stereocenters. The van der Waals surface area contributed by atoms with Crippen LogP contribution in [0.15, 0.2) is 30.3 Å². The van der Waals surface area contributed by atoms with Gasteiger partial charge in [-0.25, -0.2) is 4.98 Å². The fraction of sp³-hybridized carbons (Fsp3) is 0.214. The van der Waals surface area contributed by atoms with Gasteiger partial charge >= 0.3 is 0 Å². The fourth-order valence-electron chi connectivity index (χ4n) is 1.71. The molecule has 0 saturated carbocycles. The minimum absolute atomic E-state index is 0.000760. The third kappa shape index (κ3) is 3.26. The molecule has 0 aliphatic carbocycles. The van der Waals surface area contributed by atoms with Crippen LogP contribution < -0.4 is 5.32 Å². The van der Waals surface area contributed by atoms with Crippen molar-refractivity contribution >= 4 is 23.0 Å². The minimum atomic E-state index is -0.243. The van der Waals surface area contributed by atoms with Gasteiger partial charge in [-0.15, -0.1) is 11.3 Å². The summed E-state index contributed by atoms with van der Waals surface area (Å²) < 4.78 is 0. The van der Waals surface area contributed by atoms with Crippen LogP contribution in [0.3, 0.4) is 0 Å². The molecule has 2 rings (SSSR count). The number of benzene rings is 1. The van der Waals surface area contributed by atoms with E-state index in [1.54, 1.807) is 31.2 Å². The van der Waals surface area contributed by atoms with Gasteiger partial charge < -0.3 is 5.32 Å². The van der Waals surface area contributed by atoms with E-state index in [-0.39, 0.29) is 18.2 Å². The Morgan fingerprint density at radius 3 is 2.47 bits per heavy atom. The zero-order chi connectivity index (χ0) is 13.8. The molecule has 98 valence electrons. The molecule has 0 radical (unpaired) electrons. The number of hydrogen-bond donors (Lipinski definition) is 1. The van der Waals surface area contributed by atoms with Crippen LogP contribution in [0.1, 0.15) is 30.7 Å². The molecular weight excluding hydrogens is 260 g/mol. The summed E-state index contributed by atoms with van der Waals surface area (Å²) in [5.41, 5.74) is 1.30. The molecule has 0 spiro atoms. The van der Waals surface area contributed by atoms with E-state index in [1.165, 1.54) is 11.3 Å². The molecule has 4 nitrogen and oxygen atoms in total. The molecule has 1 aromatic carbocycles. The van der Waals surface area contributed by atoms with Gasteiger partial charge in [0.2, 0.25) is 0 Å². The highest BCUT2D eigenvalue weighted by atomic mass is 32.1. The number of rotatable bonds is 4. The van der Waals surface area contributed by atoms with E-state index in [4.69, 9.17) is 0 Å². The lowest BCUT2D eigenvalue weighted by atomic mass is 10.1. The third-order valence-corrected chi connectivity index (χ3v) is 3.69. The van der Waals surface area contributed by atoms with Crippen LogP contribution in [0, 0.1) is 13.8 Å². The molecular formula is C14H14N2O2S. The zero-order valence-electron chi connectivity index (χ0n) is 10.8. The van der Waals surface area contributed by atoms with Crippen molar-refractivity contribution in [1.29, 1.82) is 0 Å². The van der Waals surface area contributed by atoms with Gasteiger partial charge in [0.05, 0.1) is 17.2 Å². The Morgan fingerprint density at radius 1 is 1.21 bits per heavy atom. The van der Waals surface area contributed by atoms with Crippen molar-refractivity contribution in [2.45, 2.75) is 13.8 Å². The molecule has 5 heteroatoms. The van der Waals surface area contributed by atoms with Crippen LogP contribution in [0.25, 0.3) is 0 Å². The molecule has 0 aliphatic rings. The van der Waals surface area contributed by atoms with E-state index >= 15 is 0 Å². The highest BCUT2D eigenvalue weighted by Crippen LogP contribution is 2.16. The summed E-state index contributed by atoms with van der Waals surface area (Å²) in [5.74, 6) is -0.347. The maximum atomic E-state index is 11.9. The first kappa shape index (κ1) is 13.4. The Morgan fingerprint density at radius 2 is 1.89 bits per heavy atom. The van der Waals surface area contributed by atoms with Crippen LogP contribution in [0.4, 0.5) is 0 Å².